The van der Waals surface area contributed by atoms with Gasteiger partial charge in [0.05, 0.1) is 0 Å². The minimum Gasteiger partial charge on any atom is -0.315 e. The average Bonchev–Trinajstić information content (AvgIpc) is 2.73. The van der Waals surface area contributed by atoms with Crippen LogP contribution in [0.1, 0.15) is 44.3 Å². The summed E-state index contributed by atoms with van der Waals surface area (Å²) >= 11 is 2.13. The van der Waals surface area contributed by atoms with Crippen molar-refractivity contribution in [2.75, 3.05) is 5.75 Å². The van der Waals surface area contributed by atoms with Gasteiger partial charge in [0.25, 0.3) is 0 Å². The fourth-order valence-corrected chi connectivity index (χ4v) is 4.17. The van der Waals surface area contributed by atoms with Gasteiger partial charge in [0.2, 0.25) is 0 Å². The SMILES string of the molecule is CC1CCn2c(nnc2CC2CCCCS2)C1. The molecule has 2 aliphatic heterocycles. The molecule has 2 atom stereocenters. The monoisotopic (exact) mass is 251 g/mol. The van der Waals surface area contributed by atoms with Crippen LogP contribution in [0.15, 0.2) is 0 Å². The first-order chi connectivity index (χ1) is 8.33. The summed E-state index contributed by atoms with van der Waals surface area (Å²) in [6.07, 6.45) is 7.70. The second-order valence-electron chi connectivity index (χ2n) is 5.47. The highest BCUT2D eigenvalue weighted by atomic mass is 32.2. The largest absolute Gasteiger partial charge is 0.315 e. The molecular weight excluding hydrogens is 230 g/mol. The lowest BCUT2D eigenvalue weighted by Crippen LogP contribution is -2.21. The molecule has 0 spiro atoms. The summed E-state index contributed by atoms with van der Waals surface area (Å²) in [7, 11) is 0. The molecule has 3 rings (SSSR count). The van der Waals surface area contributed by atoms with Gasteiger partial charge in [0, 0.05) is 24.6 Å². The van der Waals surface area contributed by atoms with Gasteiger partial charge in [-0.2, -0.15) is 11.8 Å². The van der Waals surface area contributed by atoms with Crippen LogP contribution >= 0.6 is 11.8 Å². The topological polar surface area (TPSA) is 30.7 Å². The number of thioether (sulfide) groups is 1. The van der Waals surface area contributed by atoms with Crippen molar-refractivity contribution in [3.63, 3.8) is 0 Å². The lowest BCUT2D eigenvalue weighted by molar-refractivity contribution is 0.401. The Morgan fingerprint density at radius 3 is 3.06 bits per heavy atom. The van der Waals surface area contributed by atoms with Gasteiger partial charge in [0.15, 0.2) is 0 Å². The summed E-state index contributed by atoms with van der Waals surface area (Å²) in [5.41, 5.74) is 0. The van der Waals surface area contributed by atoms with Gasteiger partial charge in [-0.25, -0.2) is 0 Å². The summed E-state index contributed by atoms with van der Waals surface area (Å²) in [6.45, 7) is 3.45. The van der Waals surface area contributed by atoms with Crippen LogP contribution in [0, 0.1) is 5.92 Å². The Balaban J connectivity index is 1.71. The zero-order valence-corrected chi connectivity index (χ0v) is 11.4. The lowest BCUT2D eigenvalue weighted by atomic mass is 10.00. The van der Waals surface area contributed by atoms with Gasteiger partial charge in [-0.05, 0) is 30.9 Å². The molecule has 2 aliphatic rings. The van der Waals surface area contributed by atoms with E-state index in [1.54, 1.807) is 0 Å². The van der Waals surface area contributed by atoms with Crippen LogP contribution in [0.2, 0.25) is 0 Å². The zero-order chi connectivity index (χ0) is 11.7. The summed E-state index contributed by atoms with van der Waals surface area (Å²) < 4.78 is 2.38. The zero-order valence-electron chi connectivity index (χ0n) is 10.6. The summed E-state index contributed by atoms with van der Waals surface area (Å²) in [5.74, 6) is 4.58. The Labute approximate surface area is 107 Å². The predicted octanol–water partition coefficient (Wildman–Crippen LogP) is 2.69. The van der Waals surface area contributed by atoms with Crippen molar-refractivity contribution in [2.24, 2.45) is 5.92 Å². The van der Waals surface area contributed by atoms with Crippen LogP contribution in [0.25, 0.3) is 0 Å². The van der Waals surface area contributed by atoms with Crippen molar-refractivity contribution in [2.45, 2.75) is 57.2 Å². The van der Waals surface area contributed by atoms with Gasteiger partial charge in [-0.15, -0.1) is 10.2 Å². The predicted molar refractivity (Wildman–Crippen MR) is 71.3 cm³/mol. The van der Waals surface area contributed by atoms with Crippen LogP contribution in [0.5, 0.6) is 0 Å². The minimum atomic E-state index is 0.781. The first kappa shape index (κ1) is 11.6. The molecule has 1 aromatic heterocycles. The molecule has 0 amide bonds. The summed E-state index contributed by atoms with van der Waals surface area (Å²) in [6, 6.07) is 0. The normalized spacial score (nSPS) is 29.0. The minimum absolute atomic E-state index is 0.781. The summed E-state index contributed by atoms with van der Waals surface area (Å²) in [4.78, 5) is 0. The summed E-state index contributed by atoms with van der Waals surface area (Å²) in [5, 5.41) is 9.59. The van der Waals surface area contributed by atoms with E-state index in [0.717, 1.165) is 30.6 Å². The van der Waals surface area contributed by atoms with Crippen molar-refractivity contribution in [1.82, 2.24) is 14.8 Å². The van der Waals surface area contributed by atoms with E-state index in [1.165, 1.54) is 43.1 Å². The second kappa shape index (κ2) is 5.01. The molecule has 17 heavy (non-hydrogen) atoms. The van der Waals surface area contributed by atoms with E-state index in [1.807, 2.05) is 0 Å². The quantitative estimate of drug-likeness (QED) is 0.809. The van der Waals surface area contributed by atoms with E-state index in [9.17, 15) is 0 Å². The van der Waals surface area contributed by atoms with E-state index < -0.39 is 0 Å². The molecule has 0 bridgehead atoms. The molecule has 2 unspecified atom stereocenters. The average molecular weight is 251 g/mol. The molecule has 1 saturated heterocycles. The molecular formula is C13H21N3S. The van der Waals surface area contributed by atoms with Crippen molar-refractivity contribution in [3.8, 4) is 0 Å². The van der Waals surface area contributed by atoms with E-state index in [-0.39, 0.29) is 0 Å². The number of hydrogen-bond acceptors (Lipinski definition) is 3. The number of hydrogen-bond donors (Lipinski definition) is 0. The van der Waals surface area contributed by atoms with Crippen molar-refractivity contribution in [1.29, 1.82) is 0 Å². The maximum absolute atomic E-state index is 4.43. The Bertz CT molecular complexity index is 382. The van der Waals surface area contributed by atoms with Gasteiger partial charge < -0.3 is 4.57 Å². The highest BCUT2D eigenvalue weighted by molar-refractivity contribution is 7.99. The standard InChI is InChI=1S/C13H21N3S/c1-10-5-6-16-12(8-10)14-15-13(16)9-11-4-2-3-7-17-11/h10-11H,2-9H2,1H3. The molecule has 3 heterocycles. The lowest BCUT2D eigenvalue weighted by Gasteiger charge is -2.23. The van der Waals surface area contributed by atoms with Gasteiger partial charge in [-0.3, -0.25) is 0 Å². The van der Waals surface area contributed by atoms with Crippen LogP contribution in [-0.4, -0.2) is 25.8 Å². The third-order valence-electron chi connectivity index (χ3n) is 3.96. The highest BCUT2D eigenvalue weighted by Crippen LogP contribution is 2.28. The second-order valence-corrected chi connectivity index (χ2v) is 6.88. The molecule has 4 heteroatoms. The molecule has 3 nitrogen and oxygen atoms in total. The number of aromatic nitrogens is 3. The Morgan fingerprint density at radius 1 is 1.29 bits per heavy atom. The van der Waals surface area contributed by atoms with Crippen molar-refractivity contribution >= 4 is 11.8 Å². The van der Waals surface area contributed by atoms with E-state index in [0.29, 0.717) is 0 Å². The fraction of sp³-hybridized carbons (Fsp3) is 0.846. The molecule has 0 radical (unpaired) electrons. The Morgan fingerprint density at radius 2 is 2.24 bits per heavy atom. The smallest absolute Gasteiger partial charge is 0.134 e. The van der Waals surface area contributed by atoms with E-state index in [4.69, 9.17) is 0 Å². The van der Waals surface area contributed by atoms with E-state index >= 15 is 0 Å². The maximum atomic E-state index is 4.43. The molecule has 1 fully saturated rings. The first-order valence-corrected chi connectivity index (χ1v) is 7.90. The first-order valence-electron chi connectivity index (χ1n) is 6.85. The maximum Gasteiger partial charge on any atom is 0.134 e. The van der Waals surface area contributed by atoms with Gasteiger partial charge >= 0.3 is 0 Å². The fourth-order valence-electron chi connectivity index (χ4n) is 2.87. The van der Waals surface area contributed by atoms with Crippen LogP contribution in [-0.2, 0) is 19.4 Å². The number of rotatable bonds is 2. The van der Waals surface area contributed by atoms with Gasteiger partial charge in [0.1, 0.15) is 11.6 Å². The molecule has 0 aliphatic carbocycles. The Hall–Kier alpha value is -0.510. The third kappa shape index (κ3) is 2.51. The number of nitrogens with zero attached hydrogens (tertiary/aromatic N) is 3. The molecule has 1 aromatic rings. The molecule has 0 aromatic carbocycles. The third-order valence-corrected chi connectivity index (χ3v) is 5.36. The molecule has 0 N–H and O–H groups in total. The van der Waals surface area contributed by atoms with Crippen molar-refractivity contribution in [3.05, 3.63) is 11.6 Å². The highest BCUT2D eigenvalue weighted by Gasteiger charge is 2.23. The van der Waals surface area contributed by atoms with Gasteiger partial charge in [-0.1, -0.05) is 13.3 Å². The Kier molecular flexibility index (Phi) is 3.41. The van der Waals surface area contributed by atoms with Crippen molar-refractivity contribution < 1.29 is 0 Å². The van der Waals surface area contributed by atoms with Crippen LogP contribution in [0.4, 0.5) is 0 Å². The molecule has 94 valence electrons. The van der Waals surface area contributed by atoms with Crippen LogP contribution < -0.4 is 0 Å². The molecule has 0 saturated carbocycles. The number of fused-ring (bicyclic) bond motifs is 1. The van der Waals surface area contributed by atoms with Crippen LogP contribution in [0.3, 0.4) is 0 Å². The van der Waals surface area contributed by atoms with E-state index in [2.05, 4.69) is 33.5 Å².